The zero-order valence-electron chi connectivity index (χ0n) is 12.5. The highest BCUT2D eigenvalue weighted by Gasteiger charge is 2.03. The molecule has 0 amide bonds. The molecular formula is C16H27BrN2. The number of hydrogen-bond acceptors (Lipinski definition) is 2. The highest BCUT2D eigenvalue weighted by atomic mass is 79.9. The van der Waals surface area contributed by atoms with Crippen molar-refractivity contribution in [3.8, 4) is 0 Å². The molecule has 1 rings (SSSR count). The monoisotopic (exact) mass is 326 g/mol. The van der Waals surface area contributed by atoms with Crippen LogP contribution in [0.4, 0.5) is 0 Å². The molecule has 0 saturated carbocycles. The largest absolute Gasteiger partial charge is 0.315 e. The third-order valence-corrected chi connectivity index (χ3v) is 3.94. The molecule has 0 bridgehead atoms. The molecule has 0 unspecified atom stereocenters. The second kappa shape index (κ2) is 9.51. The van der Waals surface area contributed by atoms with Crippen LogP contribution < -0.4 is 5.32 Å². The number of nitrogens with one attached hydrogen (secondary N) is 1. The Balaban J connectivity index is 2.11. The quantitative estimate of drug-likeness (QED) is 0.689. The molecule has 0 radical (unpaired) electrons. The third-order valence-electron chi connectivity index (χ3n) is 3.17. The van der Waals surface area contributed by atoms with Crippen LogP contribution in [0.2, 0.25) is 0 Å². The van der Waals surface area contributed by atoms with Crippen LogP contribution in [0.5, 0.6) is 0 Å². The molecule has 0 fully saturated rings. The van der Waals surface area contributed by atoms with Crippen LogP contribution in [-0.2, 0) is 6.54 Å². The van der Waals surface area contributed by atoms with Crippen molar-refractivity contribution in [2.75, 3.05) is 20.1 Å². The topological polar surface area (TPSA) is 15.3 Å². The Bertz CT molecular complexity index is 352. The van der Waals surface area contributed by atoms with Crippen LogP contribution in [0.3, 0.4) is 0 Å². The molecule has 0 aromatic heterocycles. The fraction of sp³-hybridized carbons (Fsp3) is 0.625. The highest BCUT2D eigenvalue weighted by Crippen LogP contribution is 2.17. The first-order valence-electron chi connectivity index (χ1n) is 7.25. The average Bonchev–Trinajstić information content (AvgIpc) is 2.36. The number of unbranched alkanes of at least 4 members (excludes halogenated alkanes) is 2. The Morgan fingerprint density at radius 2 is 1.89 bits per heavy atom. The number of hydrogen-bond donors (Lipinski definition) is 1. The normalized spacial score (nSPS) is 11.5. The van der Waals surface area contributed by atoms with Gasteiger partial charge in [0.2, 0.25) is 0 Å². The second-order valence-corrected chi connectivity index (χ2v) is 6.35. The molecule has 1 N–H and O–H groups in total. The molecule has 0 saturated heterocycles. The summed E-state index contributed by atoms with van der Waals surface area (Å²) in [6.45, 7) is 7.73. The number of rotatable bonds is 9. The van der Waals surface area contributed by atoms with Crippen molar-refractivity contribution in [3.05, 3.63) is 34.3 Å². The lowest BCUT2D eigenvalue weighted by atomic mass is 10.2. The zero-order chi connectivity index (χ0) is 14.1. The van der Waals surface area contributed by atoms with Gasteiger partial charge in [0, 0.05) is 17.1 Å². The molecule has 3 heteroatoms. The standard InChI is InChI=1S/C16H27BrN2/c1-14(2)18-11-7-4-8-12-19(3)13-15-9-5-6-10-16(15)17/h5-6,9-10,14,18H,4,7-8,11-13H2,1-3H3. The van der Waals surface area contributed by atoms with Crippen LogP contribution in [0.25, 0.3) is 0 Å². The van der Waals surface area contributed by atoms with E-state index in [0.29, 0.717) is 6.04 Å². The molecule has 0 atom stereocenters. The molecular weight excluding hydrogens is 300 g/mol. The molecule has 0 aliphatic carbocycles. The van der Waals surface area contributed by atoms with Crippen LogP contribution in [0.1, 0.15) is 38.7 Å². The maximum atomic E-state index is 3.61. The summed E-state index contributed by atoms with van der Waals surface area (Å²) in [6, 6.07) is 9.08. The van der Waals surface area contributed by atoms with E-state index in [1.807, 2.05) is 0 Å². The minimum atomic E-state index is 0.609. The van der Waals surface area contributed by atoms with Gasteiger partial charge in [-0.2, -0.15) is 0 Å². The number of nitrogens with zero attached hydrogens (tertiary/aromatic N) is 1. The van der Waals surface area contributed by atoms with E-state index in [9.17, 15) is 0 Å². The maximum absolute atomic E-state index is 3.61. The molecule has 0 spiro atoms. The number of benzene rings is 1. The fourth-order valence-corrected chi connectivity index (χ4v) is 2.48. The first-order chi connectivity index (χ1) is 9.09. The Morgan fingerprint density at radius 1 is 1.16 bits per heavy atom. The fourth-order valence-electron chi connectivity index (χ4n) is 2.07. The Morgan fingerprint density at radius 3 is 2.58 bits per heavy atom. The van der Waals surface area contributed by atoms with Gasteiger partial charge < -0.3 is 10.2 Å². The van der Waals surface area contributed by atoms with Crippen molar-refractivity contribution in [1.29, 1.82) is 0 Å². The summed E-state index contributed by atoms with van der Waals surface area (Å²) >= 11 is 3.61. The van der Waals surface area contributed by atoms with E-state index >= 15 is 0 Å². The lowest BCUT2D eigenvalue weighted by molar-refractivity contribution is 0.316. The van der Waals surface area contributed by atoms with E-state index in [1.54, 1.807) is 0 Å². The van der Waals surface area contributed by atoms with Crippen molar-refractivity contribution in [2.45, 2.75) is 45.7 Å². The Hall–Kier alpha value is -0.380. The lowest BCUT2D eigenvalue weighted by Crippen LogP contribution is -2.24. The minimum Gasteiger partial charge on any atom is -0.315 e. The van der Waals surface area contributed by atoms with Gasteiger partial charge in [-0.15, -0.1) is 0 Å². The van der Waals surface area contributed by atoms with Gasteiger partial charge in [-0.05, 0) is 44.6 Å². The first-order valence-corrected chi connectivity index (χ1v) is 8.04. The molecule has 0 aliphatic rings. The van der Waals surface area contributed by atoms with Gasteiger partial charge in [0.15, 0.2) is 0 Å². The summed E-state index contributed by atoms with van der Waals surface area (Å²) < 4.78 is 1.21. The molecule has 108 valence electrons. The predicted octanol–water partition coefficient (Wildman–Crippen LogP) is 4.05. The van der Waals surface area contributed by atoms with Crippen molar-refractivity contribution in [2.24, 2.45) is 0 Å². The molecule has 1 aromatic rings. The van der Waals surface area contributed by atoms with Gasteiger partial charge in [-0.3, -0.25) is 0 Å². The van der Waals surface area contributed by atoms with Gasteiger partial charge in [0.25, 0.3) is 0 Å². The predicted molar refractivity (Wildman–Crippen MR) is 87.5 cm³/mol. The van der Waals surface area contributed by atoms with E-state index < -0.39 is 0 Å². The highest BCUT2D eigenvalue weighted by molar-refractivity contribution is 9.10. The van der Waals surface area contributed by atoms with Crippen molar-refractivity contribution >= 4 is 15.9 Å². The van der Waals surface area contributed by atoms with E-state index in [-0.39, 0.29) is 0 Å². The Labute approximate surface area is 126 Å². The average molecular weight is 327 g/mol. The van der Waals surface area contributed by atoms with Crippen molar-refractivity contribution in [3.63, 3.8) is 0 Å². The van der Waals surface area contributed by atoms with Gasteiger partial charge in [0.1, 0.15) is 0 Å². The first kappa shape index (κ1) is 16.7. The van der Waals surface area contributed by atoms with Crippen LogP contribution in [-0.4, -0.2) is 31.1 Å². The summed E-state index contributed by atoms with van der Waals surface area (Å²) in [7, 11) is 2.20. The summed E-state index contributed by atoms with van der Waals surface area (Å²) in [4.78, 5) is 2.40. The van der Waals surface area contributed by atoms with Gasteiger partial charge in [-0.1, -0.05) is 54.4 Å². The van der Waals surface area contributed by atoms with Crippen molar-refractivity contribution in [1.82, 2.24) is 10.2 Å². The van der Waals surface area contributed by atoms with E-state index in [2.05, 4.69) is 71.3 Å². The SMILES string of the molecule is CC(C)NCCCCCN(C)Cc1ccccc1Br. The summed E-state index contributed by atoms with van der Waals surface area (Å²) in [6.07, 6.45) is 3.86. The van der Waals surface area contributed by atoms with Crippen LogP contribution in [0, 0.1) is 0 Å². The summed E-state index contributed by atoms with van der Waals surface area (Å²) in [5.41, 5.74) is 1.37. The third kappa shape index (κ3) is 7.71. The maximum Gasteiger partial charge on any atom is 0.0241 e. The van der Waals surface area contributed by atoms with Gasteiger partial charge >= 0.3 is 0 Å². The molecule has 0 heterocycles. The van der Waals surface area contributed by atoms with Crippen LogP contribution >= 0.6 is 15.9 Å². The van der Waals surface area contributed by atoms with Crippen molar-refractivity contribution < 1.29 is 0 Å². The molecule has 19 heavy (non-hydrogen) atoms. The number of halogens is 1. The van der Waals surface area contributed by atoms with E-state index in [1.165, 1.54) is 35.8 Å². The summed E-state index contributed by atoms with van der Waals surface area (Å²) in [5.74, 6) is 0. The van der Waals surface area contributed by atoms with Gasteiger partial charge in [0.05, 0.1) is 0 Å². The molecule has 1 aromatic carbocycles. The smallest absolute Gasteiger partial charge is 0.0241 e. The van der Waals surface area contributed by atoms with Crippen LogP contribution in [0.15, 0.2) is 28.7 Å². The molecule has 2 nitrogen and oxygen atoms in total. The Kier molecular flexibility index (Phi) is 8.35. The lowest BCUT2D eigenvalue weighted by Gasteiger charge is -2.17. The summed E-state index contributed by atoms with van der Waals surface area (Å²) in [5, 5.41) is 3.46. The zero-order valence-corrected chi connectivity index (χ0v) is 14.0. The van der Waals surface area contributed by atoms with Gasteiger partial charge in [-0.25, -0.2) is 0 Å². The minimum absolute atomic E-state index is 0.609. The van der Waals surface area contributed by atoms with E-state index in [0.717, 1.165) is 13.1 Å². The van der Waals surface area contributed by atoms with E-state index in [4.69, 9.17) is 0 Å². The molecule has 0 aliphatic heterocycles. The second-order valence-electron chi connectivity index (χ2n) is 5.50.